The molecular formula is C19H31NO3. The summed E-state index contributed by atoms with van der Waals surface area (Å²) in [6.45, 7) is 14.6. The number of hydrogen-bond donors (Lipinski definition) is 2. The molecule has 0 aromatic heterocycles. The Bertz CT molecular complexity index is 565. The average Bonchev–Trinajstić information content (AvgIpc) is 2.35. The van der Waals surface area contributed by atoms with Gasteiger partial charge in [-0.2, -0.15) is 0 Å². The van der Waals surface area contributed by atoms with Gasteiger partial charge in [-0.15, -0.1) is 0 Å². The summed E-state index contributed by atoms with van der Waals surface area (Å²) in [5.74, 6) is -0.167. The van der Waals surface area contributed by atoms with Crippen molar-refractivity contribution in [1.29, 1.82) is 0 Å². The Morgan fingerprint density at radius 2 is 1.74 bits per heavy atom. The van der Waals surface area contributed by atoms with Crippen LogP contribution in [0.3, 0.4) is 0 Å². The first-order valence-electron chi connectivity index (χ1n) is 8.17. The molecule has 0 fully saturated rings. The van der Waals surface area contributed by atoms with E-state index in [4.69, 9.17) is 10.5 Å². The molecule has 23 heavy (non-hydrogen) atoms. The van der Waals surface area contributed by atoms with Gasteiger partial charge in [-0.1, -0.05) is 47.6 Å². The third-order valence-electron chi connectivity index (χ3n) is 3.90. The monoisotopic (exact) mass is 321 g/mol. The van der Waals surface area contributed by atoms with E-state index < -0.39 is 6.04 Å². The van der Waals surface area contributed by atoms with Crippen LogP contribution in [-0.4, -0.2) is 17.7 Å². The van der Waals surface area contributed by atoms with E-state index in [0.717, 1.165) is 11.1 Å². The van der Waals surface area contributed by atoms with E-state index in [1.807, 2.05) is 12.1 Å². The summed E-state index contributed by atoms with van der Waals surface area (Å²) in [5, 5.41) is 10.7. The molecule has 1 rings (SSSR count). The summed E-state index contributed by atoms with van der Waals surface area (Å²) < 4.78 is 4.97. The van der Waals surface area contributed by atoms with Crippen molar-refractivity contribution in [3.05, 3.63) is 28.8 Å². The van der Waals surface area contributed by atoms with Crippen LogP contribution in [0.25, 0.3) is 0 Å². The van der Waals surface area contributed by atoms with E-state index in [-0.39, 0.29) is 29.0 Å². The van der Waals surface area contributed by atoms with Crippen LogP contribution in [0.2, 0.25) is 0 Å². The van der Waals surface area contributed by atoms with Crippen molar-refractivity contribution in [1.82, 2.24) is 0 Å². The standard InChI is InChI=1S/C19H31NO3/c1-8-23-16(21)11-15(20)13-9-12(18(2,3)4)10-14(17(13)22)19(5,6)7/h9-10,15,22H,8,11,20H2,1-7H3/t15-/m0/s1. The van der Waals surface area contributed by atoms with Crippen molar-refractivity contribution in [3.63, 3.8) is 0 Å². The first-order chi connectivity index (χ1) is 10.4. The second-order valence-electron chi connectivity index (χ2n) is 8.08. The second-order valence-corrected chi connectivity index (χ2v) is 8.08. The van der Waals surface area contributed by atoms with Crippen LogP contribution in [0.4, 0.5) is 0 Å². The molecular weight excluding hydrogens is 290 g/mol. The molecule has 0 spiro atoms. The van der Waals surface area contributed by atoms with Crippen molar-refractivity contribution in [2.45, 2.75) is 71.8 Å². The highest BCUT2D eigenvalue weighted by Gasteiger charge is 2.27. The van der Waals surface area contributed by atoms with Gasteiger partial charge in [-0.3, -0.25) is 4.79 Å². The number of rotatable bonds is 4. The molecule has 0 aliphatic carbocycles. The highest BCUT2D eigenvalue weighted by atomic mass is 16.5. The Kier molecular flexibility index (Phi) is 5.86. The summed E-state index contributed by atoms with van der Waals surface area (Å²) in [4.78, 5) is 11.7. The lowest BCUT2D eigenvalue weighted by Gasteiger charge is -2.28. The first-order valence-corrected chi connectivity index (χ1v) is 8.17. The highest BCUT2D eigenvalue weighted by Crippen LogP contribution is 2.40. The van der Waals surface area contributed by atoms with Crippen LogP contribution >= 0.6 is 0 Å². The van der Waals surface area contributed by atoms with Crippen molar-refractivity contribution in [2.24, 2.45) is 5.73 Å². The summed E-state index contributed by atoms with van der Waals surface area (Å²) in [6.07, 6.45) is 0.0541. The van der Waals surface area contributed by atoms with Crippen LogP contribution in [0.1, 0.15) is 77.6 Å². The molecule has 1 atom stereocenters. The predicted molar refractivity (Wildman–Crippen MR) is 93.7 cm³/mol. The van der Waals surface area contributed by atoms with Gasteiger partial charge < -0.3 is 15.6 Å². The number of carbonyl (C=O) groups excluding carboxylic acids is 1. The van der Waals surface area contributed by atoms with Crippen LogP contribution in [0.15, 0.2) is 12.1 Å². The molecule has 0 heterocycles. The van der Waals surface area contributed by atoms with Crippen molar-refractivity contribution >= 4 is 5.97 Å². The molecule has 130 valence electrons. The summed E-state index contributed by atoms with van der Waals surface area (Å²) in [7, 11) is 0. The van der Waals surface area contributed by atoms with E-state index in [2.05, 4.69) is 41.5 Å². The Hall–Kier alpha value is -1.55. The zero-order chi connectivity index (χ0) is 18.0. The molecule has 0 radical (unpaired) electrons. The lowest BCUT2D eigenvalue weighted by atomic mass is 9.78. The predicted octanol–water partition coefficient (Wildman–Crippen LogP) is 3.94. The molecule has 0 aliphatic heterocycles. The molecule has 0 saturated heterocycles. The maximum absolute atomic E-state index is 11.7. The minimum Gasteiger partial charge on any atom is -0.507 e. The van der Waals surface area contributed by atoms with E-state index in [0.29, 0.717) is 12.2 Å². The topological polar surface area (TPSA) is 72.5 Å². The van der Waals surface area contributed by atoms with Crippen LogP contribution < -0.4 is 5.73 Å². The van der Waals surface area contributed by atoms with Gasteiger partial charge in [-0.25, -0.2) is 0 Å². The van der Waals surface area contributed by atoms with Crippen LogP contribution in [0.5, 0.6) is 5.75 Å². The Labute approximate surface area is 140 Å². The van der Waals surface area contributed by atoms with E-state index in [1.165, 1.54) is 0 Å². The number of phenols is 1. The highest BCUT2D eigenvalue weighted by molar-refractivity contribution is 5.70. The maximum atomic E-state index is 11.7. The van der Waals surface area contributed by atoms with Gasteiger partial charge in [0.05, 0.1) is 13.0 Å². The summed E-state index contributed by atoms with van der Waals surface area (Å²) in [5.41, 5.74) is 8.44. The third kappa shape index (κ3) is 4.96. The Morgan fingerprint density at radius 3 is 2.17 bits per heavy atom. The number of carbonyl (C=O) groups is 1. The van der Waals surface area contributed by atoms with Gasteiger partial charge in [0.1, 0.15) is 5.75 Å². The molecule has 0 bridgehead atoms. The molecule has 0 saturated carbocycles. The Morgan fingerprint density at radius 1 is 1.17 bits per heavy atom. The molecule has 1 aromatic carbocycles. The quantitative estimate of drug-likeness (QED) is 0.824. The zero-order valence-electron chi connectivity index (χ0n) is 15.5. The fourth-order valence-electron chi connectivity index (χ4n) is 2.45. The minimum absolute atomic E-state index is 0.0541. The smallest absolute Gasteiger partial charge is 0.307 e. The molecule has 1 aromatic rings. The van der Waals surface area contributed by atoms with Crippen LogP contribution in [-0.2, 0) is 20.4 Å². The van der Waals surface area contributed by atoms with E-state index >= 15 is 0 Å². The number of phenolic OH excluding ortho intramolecular Hbond substituents is 1. The average molecular weight is 321 g/mol. The first kappa shape index (κ1) is 19.5. The van der Waals surface area contributed by atoms with Gasteiger partial charge in [0.15, 0.2) is 0 Å². The number of hydrogen-bond acceptors (Lipinski definition) is 4. The van der Waals surface area contributed by atoms with Crippen molar-refractivity contribution in [3.8, 4) is 5.75 Å². The lowest BCUT2D eigenvalue weighted by Crippen LogP contribution is -2.22. The SMILES string of the molecule is CCOC(=O)C[C@H](N)c1cc(C(C)(C)C)cc(C(C)(C)C)c1O. The normalized spacial score (nSPS) is 13.7. The number of aromatic hydroxyl groups is 1. The number of benzene rings is 1. The minimum atomic E-state index is -0.586. The number of nitrogens with two attached hydrogens (primary N) is 1. The third-order valence-corrected chi connectivity index (χ3v) is 3.90. The van der Waals surface area contributed by atoms with Gasteiger partial charge in [0.2, 0.25) is 0 Å². The maximum Gasteiger partial charge on any atom is 0.307 e. The zero-order valence-corrected chi connectivity index (χ0v) is 15.5. The largest absolute Gasteiger partial charge is 0.507 e. The van der Waals surface area contributed by atoms with E-state index in [1.54, 1.807) is 6.92 Å². The molecule has 0 aliphatic rings. The van der Waals surface area contributed by atoms with Crippen molar-refractivity contribution in [2.75, 3.05) is 6.61 Å². The fourth-order valence-corrected chi connectivity index (χ4v) is 2.45. The van der Waals surface area contributed by atoms with Gasteiger partial charge >= 0.3 is 5.97 Å². The lowest BCUT2D eigenvalue weighted by molar-refractivity contribution is -0.143. The second kappa shape index (κ2) is 6.91. The van der Waals surface area contributed by atoms with Gasteiger partial charge in [-0.05, 0) is 34.9 Å². The van der Waals surface area contributed by atoms with Gasteiger partial charge in [0, 0.05) is 11.6 Å². The molecule has 4 nitrogen and oxygen atoms in total. The molecule has 4 heteroatoms. The summed E-state index contributed by atoms with van der Waals surface area (Å²) in [6, 6.07) is 3.36. The number of ether oxygens (including phenoxy) is 1. The fraction of sp³-hybridized carbons (Fsp3) is 0.632. The molecule has 0 unspecified atom stereocenters. The van der Waals surface area contributed by atoms with Crippen molar-refractivity contribution < 1.29 is 14.6 Å². The van der Waals surface area contributed by atoms with Crippen LogP contribution in [0, 0.1) is 0 Å². The van der Waals surface area contributed by atoms with Gasteiger partial charge in [0.25, 0.3) is 0 Å². The molecule has 3 N–H and O–H groups in total. The Balaban J connectivity index is 3.38. The van der Waals surface area contributed by atoms with E-state index in [9.17, 15) is 9.90 Å². The molecule has 0 amide bonds. The summed E-state index contributed by atoms with van der Waals surface area (Å²) >= 11 is 0. The number of esters is 1.